The second kappa shape index (κ2) is 14.4. The molecular formula is C28H34N6O8S. The van der Waals surface area contributed by atoms with Gasteiger partial charge in [0.1, 0.15) is 17.3 Å². The van der Waals surface area contributed by atoms with Gasteiger partial charge in [-0.2, -0.15) is 9.78 Å². The van der Waals surface area contributed by atoms with Gasteiger partial charge in [-0.15, -0.1) is 10.2 Å². The molecule has 0 aliphatic heterocycles. The van der Waals surface area contributed by atoms with Gasteiger partial charge >= 0.3 is 5.63 Å². The molecule has 0 aliphatic carbocycles. The monoisotopic (exact) mass is 614 g/mol. The molecule has 14 nitrogen and oxygen atoms in total. The van der Waals surface area contributed by atoms with E-state index in [9.17, 15) is 19.5 Å². The van der Waals surface area contributed by atoms with Gasteiger partial charge in [-0.3, -0.25) is 14.9 Å². The van der Waals surface area contributed by atoms with Crippen molar-refractivity contribution in [3.63, 3.8) is 0 Å². The minimum atomic E-state index is -1.04. The molecule has 0 saturated heterocycles. The molecule has 4 aromatic rings. The van der Waals surface area contributed by atoms with Crippen molar-refractivity contribution >= 4 is 34.1 Å². The van der Waals surface area contributed by atoms with Crippen molar-refractivity contribution in [2.24, 2.45) is 0 Å². The van der Waals surface area contributed by atoms with Gasteiger partial charge in [0, 0.05) is 25.0 Å². The number of carbonyl (C=O) groups is 2. The molecule has 230 valence electrons. The Kier molecular flexibility index (Phi) is 11.0. The van der Waals surface area contributed by atoms with Gasteiger partial charge in [0.2, 0.25) is 21.9 Å². The third-order valence-electron chi connectivity index (χ3n) is 5.55. The first kappa shape index (κ1) is 32.8. The van der Waals surface area contributed by atoms with Crippen molar-refractivity contribution in [2.75, 3.05) is 31.5 Å². The lowest BCUT2D eigenvalue weighted by atomic mass is 10.0. The summed E-state index contributed by atoms with van der Waals surface area (Å²) < 4.78 is 23.5. The summed E-state index contributed by atoms with van der Waals surface area (Å²) in [6.07, 6.45) is 1.69. The van der Waals surface area contributed by atoms with E-state index in [1.54, 1.807) is 38.1 Å². The van der Waals surface area contributed by atoms with Crippen LogP contribution in [0, 0.1) is 0 Å². The van der Waals surface area contributed by atoms with Crippen molar-refractivity contribution in [3.8, 4) is 33.5 Å². The lowest BCUT2D eigenvalue weighted by molar-refractivity contribution is -0.114. The van der Waals surface area contributed by atoms with Crippen LogP contribution in [0.5, 0.6) is 17.2 Å². The molecule has 0 aliphatic rings. The quantitative estimate of drug-likeness (QED) is 0.221. The Hall–Kier alpha value is -4.76. The maximum Gasteiger partial charge on any atom is 0.379 e. The van der Waals surface area contributed by atoms with Crippen LogP contribution in [0.2, 0.25) is 0 Å². The zero-order chi connectivity index (χ0) is 31.7. The van der Waals surface area contributed by atoms with Crippen LogP contribution in [-0.4, -0.2) is 63.3 Å². The van der Waals surface area contributed by atoms with Crippen LogP contribution in [0.1, 0.15) is 51.6 Å². The van der Waals surface area contributed by atoms with Crippen molar-refractivity contribution in [3.05, 3.63) is 52.7 Å². The number of anilines is 2. The van der Waals surface area contributed by atoms with Gasteiger partial charge in [-0.25, -0.2) is 4.79 Å². The molecule has 2 amide bonds. The fourth-order valence-corrected chi connectivity index (χ4v) is 4.39. The highest BCUT2D eigenvalue weighted by Crippen LogP contribution is 2.42. The summed E-state index contributed by atoms with van der Waals surface area (Å²) in [6, 6.07) is 7.95. The average Bonchev–Trinajstić information content (AvgIpc) is 3.62. The van der Waals surface area contributed by atoms with Gasteiger partial charge in [0.25, 0.3) is 5.91 Å². The van der Waals surface area contributed by atoms with E-state index in [1.165, 1.54) is 38.1 Å². The van der Waals surface area contributed by atoms with E-state index in [0.717, 1.165) is 11.3 Å². The van der Waals surface area contributed by atoms with E-state index in [1.807, 2.05) is 13.8 Å². The van der Waals surface area contributed by atoms with Gasteiger partial charge in [0.15, 0.2) is 5.76 Å². The first-order valence-electron chi connectivity index (χ1n) is 13.2. The summed E-state index contributed by atoms with van der Waals surface area (Å²) in [5, 5.41) is 27.7. The third-order valence-corrected chi connectivity index (χ3v) is 6.37. The zero-order valence-electron chi connectivity index (χ0n) is 24.9. The van der Waals surface area contributed by atoms with Gasteiger partial charge in [-0.05, 0) is 32.0 Å². The number of nitrogens with one attached hydrogen (secondary N) is 2. The van der Waals surface area contributed by atoms with Gasteiger partial charge in [-0.1, -0.05) is 31.3 Å². The molecule has 0 saturated carbocycles. The number of methoxy groups -OCH3 is 2. The number of aliphatic hydroxyl groups is 1. The molecule has 3 aromatic heterocycles. The number of benzene rings is 1. The predicted octanol–water partition coefficient (Wildman–Crippen LogP) is 4.14. The number of ether oxygens (including phenoxy) is 3. The molecule has 4 rings (SSSR count). The molecule has 1 aromatic carbocycles. The Morgan fingerprint density at radius 1 is 1.09 bits per heavy atom. The second-order valence-corrected chi connectivity index (χ2v) is 10.2. The zero-order valence-corrected chi connectivity index (χ0v) is 25.7. The van der Waals surface area contributed by atoms with Gasteiger partial charge in [0.05, 0.1) is 38.2 Å². The van der Waals surface area contributed by atoms with E-state index in [2.05, 4.69) is 25.9 Å². The number of rotatable bonds is 11. The Labute approximate surface area is 251 Å². The van der Waals surface area contributed by atoms with Crippen molar-refractivity contribution in [1.29, 1.82) is 0 Å². The molecule has 0 fully saturated rings. The Balaban J connectivity index is 0.00000248. The van der Waals surface area contributed by atoms with Crippen LogP contribution in [0.4, 0.5) is 10.9 Å². The molecule has 0 spiro atoms. The molecule has 0 radical (unpaired) electrons. The maximum atomic E-state index is 13.2. The molecule has 15 heteroatoms. The molecule has 3 N–H and O–H groups in total. The molecule has 3 heterocycles. The van der Waals surface area contributed by atoms with Crippen molar-refractivity contribution in [2.45, 2.75) is 46.6 Å². The Morgan fingerprint density at radius 3 is 2.37 bits per heavy atom. The van der Waals surface area contributed by atoms with Crippen LogP contribution >= 0.6 is 11.3 Å². The Bertz CT molecular complexity index is 1600. The molecule has 0 unspecified atom stereocenters. The summed E-state index contributed by atoms with van der Waals surface area (Å²) in [5.74, 6) is -0.528. The molecular weight excluding hydrogens is 580 g/mol. The highest BCUT2D eigenvalue weighted by atomic mass is 32.1. The van der Waals surface area contributed by atoms with E-state index >= 15 is 0 Å². The molecule has 0 bridgehead atoms. The molecule has 43 heavy (non-hydrogen) atoms. The highest BCUT2D eigenvalue weighted by molar-refractivity contribution is 7.17. The summed E-state index contributed by atoms with van der Waals surface area (Å²) in [7, 11) is 2.91. The first-order chi connectivity index (χ1) is 20.5. The number of carbonyl (C=O) groups excluding carboxylic acids is 2. The minimum absolute atomic E-state index is 0.00820. The Morgan fingerprint density at radius 2 is 1.77 bits per heavy atom. The number of hydrogen-bond donors (Lipinski definition) is 3. The van der Waals surface area contributed by atoms with E-state index < -0.39 is 17.1 Å². The van der Waals surface area contributed by atoms with Crippen molar-refractivity contribution < 1.29 is 33.3 Å². The predicted molar refractivity (Wildman–Crippen MR) is 161 cm³/mol. The average molecular weight is 615 g/mol. The maximum absolute atomic E-state index is 13.2. The normalized spacial score (nSPS) is 10.8. The topological polar surface area (TPSA) is 180 Å². The number of aromatic nitrogens is 4. The molecule has 0 atom stereocenters. The largest absolute Gasteiger partial charge is 0.496 e. The van der Waals surface area contributed by atoms with E-state index in [-0.39, 0.29) is 46.3 Å². The number of hydrogen-bond acceptors (Lipinski definition) is 12. The minimum Gasteiger partial charge on any atom is -0.496 e. The summed E-state index contributed by atoms with van der Waals surface area (Å²) in [6.45, 7) is 8.58. The standard InChI is InChI=1S/C26H28N6O8S.C2H6/c1-14(33)28-19-9-11-27-32(19)25-31-30-24(41-25)29-22(34)18-13-15(20-16(37-4)7-6-8-17(20)38-5)21(23(35)40-18)39-12-10-26(2,3)36;1-2/h6-9,11,13,36H,10,12H2,1-5H3,(H,28,33)(H,29,30,34);1-2H3. The van der Waals surface area contributed by atoms with Crippen LogP contribution in [-0.2, 0) is 4.79 Å². The van der Waals surface area contributed by atoms with Crippen LogP contribution < -0.4 is 30.5 Å². The van der Waals surface area contributed by atoms with Crippen LogP contribution in [0.3, 0.4) is 0 Å². The first-order valence-corrected chi connectivity index (χ1v) is 14.0. The highest BCUT2D eigenvalue weighted by Gasteiger charge is 2.25. The van der Waals surface area contributed by atoms with E-state index in [4.69, 9.17) is 18.6 Å². The van der Waals surface area contributed by atoms with E-state index in [0.29, 0.717) is 22.9 Å². The van der Waals surface area contributed by atoms with Gasteiger partial charge < -0.3 is 29.1 Å². The fraction of sp³-hybridized carbons (Fsp3) is 0.357. The summed E-state index contributed by atoms with van der Waals surface area (Å²) in [5.41, 5.74) is -1.42. The van der Waals surface area contributed by atoms with Crippen LogP contribution in [0.15, 0.2) is 45.7 Å². The van der Waals surface area contributed by atoms with Crippen LogP contribution in [0.25, 0.3) is 16.3 Å². The number of amides is 2. The SMILES string of the molecule is CC.COc1cccc(OC)c1-c1cc(C(=O)Nc2nnc(-n3nccc3NC(C)=O)s2)oc(=O)c1OCCC(C)(C)O. The smallest absolute Gasteiger partial charge is 0.379 e. The lowest BCUT2D eigenvalue weighted by Gasteiger charge is -2.19. The third kappa shape index (κ3) is 8.17. The lowest BCUT2D eigenvalue weighted by Crippen LogP contribution is -2.23. The second-order valence-electron chi connectivity index (χ2n) is 9.24. The summed E-state index contributed by atoms with van der Waals surface area (Å²) in [4.78, 5) is 37.8. The van der Waals surface area contributed by atoms with Crippen molar-refractivity contribution in [1.82, 2.24) is 20.0 Å². The summed E-state index contributed by atoms with van der Waals surface area (Å²) >= 11 is 0.975. The fourth-order valence-electron chi connectivity index (χ4n) is 3.68. The number of nitrogens with zero attached hydrogens (tertiary/aromatic N) is 4.